The molecule has 2 aliphatic rings. The van der Waals surface area contributed by atoms with Crippen LogP contribution in [-0.2, 0) is 4.74 Å². The minimum Gasteiger partial charge on any atom is -0.486 e. The van der Waals surface area contributed by atoms with Gasteiger partial charge < -0.3 is 25.4 Å². The van der Waals surface area contributed by atoms with Crippen LogP contribution in [0, 0.1) is 0 Å². The molecule has 7 heteroatoms. The lowest BCUT2D eigenvalue weighted by Gasteiger charge is -2.31. The second-order valence-electron chi connectivity index (χ2n) is 5.81. The summed E-state index contributed by atoms with van der Waals surface area (Å²) >= 11 is 0. The lowest BCUT2D eigenvalue weighted by Crippen LogP contribution is -2.44. The van der Waals surface area contributed by atoms with Gasteiger partial charge in [0, 0.05) is 31.4 Å². The highest BCUT2D eigenvalue weighted by Gasteiger charge is 2.28. The lowest BCUT2D eigenvalue weighted by atomic mass is 10.1. The van der Waals surface area contributed by atoms with E-state index in [1.54, 1.807) is 12.1 Å². The Morgan fingerprint density at radius 3 is 2.87 bits per heavy atom. The van der Waals surface area contributed by atoms with Crippen molar-refractivity contribution in [3.8, 4) is 5.75 Å². The molecule has 2 saturated heterocycles. The molecule has 0 aliphatic carbocycles. The van der Waals surface area contributed by atoms with E-state index < -0.39 is 18.2 Å². The number of morpholine rings is 1. The van der Waals surface area contributed by atoms with Gasteiger partial charge in [-0.3, -0.25) is 4.79 Å². The van der Waals surface area contributed by atoms with Gasteiger partial charge in [-0.05, 0) is 25.1 Å². The Kier molecular flexibility index (Phi) is 4.97. The number of alkyl halides is 1. The van der Waals surface area contributed by atoms with E-state index in [4.69, 9.17) is 15.2 Å². The minimum atomic E-state index is -1.10. The summed E-state index contributed by atoms with van der Waals surface area (Å²) in [6, 6.07) is 5.27. The molecule has 23 heavy (non-hydrogen) atoms. The Hall–Kier alpha value is -1.86. The zero-order valence-electron chi connectivity index (χ0n) is 13.0. The van der Waals surface area contributed by atoms with Gasteiger partial charge in [-0.15, -0.1) is 0 Å². The van der Waals surface area contributed by atoms with Crippen LogP contribution in [-0.4, -0.2) is 57.6 Å². The first-order valence-electron chi connectivity index (χ1n) is 7.93. The number of halogens is 1. The van der Waals surface area contributed by atoms with Crippen molar-refractivity contribution in [2.24, 2.45) is 5.73 Å². The average Bonchev–Trinajstić information content (AvgIpc) is 2.57. The molecule has 0 saturated carbocycles. The van der Waals surface area contributed by atoms with Crippen molar-refractivity contribution in [1.82, 2.24) is 5.32 Å². The molecule has 2 atom stereocenters. The predicted octanol–water partition coefficient (Wildman–Crippen LogP) is 0.701. The van der Waals surface area contributed by atoms with Gasteiger partial charge in [0.2, 0.25) is 0 Å². The van der Waals surface area contributed by atoms with E-state index >= 15 is 0 Å². The Bertz CT molecular complexity index is 564. The molecule has 1 aromatic rings. The van der Waals surface area contributed by atoms with E-state index in [0.717, 1.165) is 18.8 Å². The topological polar surface area (TPSA) is 76.8 Å². The van der Waals surface area contributed by atoms with Crippen LogP contribution in [0.5, 0.6) is 5.75 Å². The number of primary amides is 1. The number of piperidine rings is 1. The molecule has 1 amide bonds. The van der Waals surface area contributed by atoms with Gasteiger partial charge in [0.25, 0.3) is 5.91 Å². The van der Waals surface area contributed by atoms with Gasteiger partial charge >= 0.3 is 0 Å². The molecule has 3 N–H and O–H groups in total. The summed E-state index contributed by atoms with van der Waals surface area (Å²) in [6.07, 6.45) is -1.10. The summed E-state index contributed by atoms with van der Waals surface area (Å²) in [7, 11) is 0. The van der Waals surface area contributed by atoms with E-state index in [2.05, 4.69) is 10.2 Å². The lowest BCUT2D eigenvalue weighted by molar-refractivity contribution is 0.0713. The zero-order valence-corrected chi connectivity index (χ0v) is 13.0. The Balaban J connectivity index is 1.83. The van der Waals surface area contributed by atoms with Crippen LogP contribution >= 0.6 is 0 Å². The van der Waals surface area contributed by atoms with E-state index in [1.165, 1.54) is 0 Å². The van der Waals surface area contributed by atoms with Crippen molar-refractivity contribution in [3.05, 3.63) is 23.8 Å². The zero-order chi connectivity index (χ0) is 16.2. The van der Waals surface area contributed by atoms with Crippen LogP contribution in [0.2, 0.25) is 0 Å². The Labute approximate surface area is 134 Å². The molecular formula is C16H22FN3O3. The molecule has 2 heterocycles. The maximum Gasteiger partial charge on any atom is 0.252 e. The monoisotopic (exact) mass is 323 g/mol. The number of nitrogens with zero attached hydrogens (tertiary/aromatic N) is 1. The van der Waals surface area contributed by atoms with Gasteiger partial charge in [-0.25, -0.2) is 4.39 Å². The highest BCUT2D eigenvalue weighted by Crippen LogP contribution is 2.29. The van der Waals surface area contributed by atoms with Crippen molar-refractivity contribution >= 4 is 11.6 Å². The first-order chi connectivity index (χ1) is 11.1. The first kappa shape index (κ1) is 16.0. The third kappa shape index (κ3) is 3.73. The third-order valence-electron chi connectivity index (χ3n) is 4.23. The SMILES string of the molecule is NC(=O)c1ccc(N2CCOCC2)cc1O[C@@H]1CCNC[C@H]1F. The summed E-state index contributed by atoms with van der Waals surface area (Å²) in [5.74, 6) is -0.214. The summed E-state index contributed by atoms with van der Waals surface area (Å²) in [5, 5.41) is 2.98. The number of anilines is 1. The molecule has 0 unspecified atom stereocenters. The van der Waals surface area contributed by atoms with Crippen LogP contribution in [0.1, 0.15) is 16.8 Å². The number of hydrogen-bond acceptors (Lipinski definition) is 5. The van der Waals surface area contributed by atoms with Gasteiger partial charge in [0.05, 0.1) is 18.8 Å². The number of nitrogens with one attached hydrogen (secondary N) is 1. The molecule has 2 aliphatic heterocycles. The summed E-state index contributed by atoms with van der Waals surface area (Å²) < 4.78 is 25.2. The van der Waals surface area contributed by atoms with Crippen molar-refractivity contribution in [1.29, 1.82) is 0 Å². The van der Waals surface area contributed by atoms with Crippen LogP contribution < -0.4 is 20.7 Å². The molecule has 0 aromatic heterocycles. The summed E-state index contributed by atoms with van der Waals surface area (Å²) in [5.41, 5.74) is 6.64. The van der Waals surface area contributed by atoms with Crippen LogP contribution in [0.3, 0.4) is 0 Å². The van der Waals surface area contributed by atoms with Crippen molar-refractivity contribution in [3.63, 3.8) is 0 Å². The highest BCUT2D eigenvalue weighted by atomic mass is 19.1. The van der Waals surface area contributed by atoms with Crippen molar-refractivity contribution in [2.45, 2.75) is 18.7 Å². The highest BCUT2D eigenvalue weighted by molar-refractivity contribution is 5.96. The summed E-state index contributed by atoms with van der Waals surface area (Å²) in [6.45, 7) is 3.83. The molecule has 126 valence electrons. The minimum absolute atomic E-state index is 0.264. The van der Waals surface area contributed by atoms with Crippen molar-refractivity contribution < 1.29 is 18.7 Å². The number of ether oxygens (including phenoxy) is 2. The first-order valence-corrected chi connectivity index (χ1v) is 7.93. The van der Waals surface area contributed by atoms with E-state index in [-0.39, 0.29) is 12.1 Å². The van der Waals surface area contributed by atoms with Gasteiger partial charge in [0.1, 0.15) is 18.0 Å². The molecule has 6 nitrogen and oxygen atoms in total. The number of amides is 1. The molecule has 0 bridgehead atoms. The fraction of sp³-hybridized carbons (Fsp3) is 0.562. The van der Waals surface area contributed by atoms with E-state index in [1.807, 2.05) is 6.07 Å². The Morgan fingerprint density at radius 1 is 1.39 bits per heavy atom. The number of carbonyl (C=O) groups excluding carboxylic acids is 1. The third-order valence-corrected chi connectivity index (χ3v) is 4.23. The molecule has 1 aromatic carbocycles. The normalized spacial score (nSPS) is 25.2. The number of rotatable bonds is 4. The molecule has 0 spiro atoms. The second kappa shape index (κ2) is 7.14. The van der Waals surface area contributed by atoms with Crippen LogP contribution in [0.15, 0.2) is 18.2 Å². The smallest absolute Gasteiger partial charge is 0.252 e. The molecule has 2 fully saturated rings. The molecule has 0 radical (unpaired) electrons. The van der Waals surface area contributed by atoms with E-state index in [0.29, 0.717) is 31.9 Å². The molecular weight excluding hydrogens is 301 g/mol. The molecule has 3 rings (SSSR count). The predicted molar refractivity (Wildman–Crippen MR) is 84.8 cm³/mol. The summed E-state index contributed by atoms with van der Waals surface area (Å²) in [4.78, 5) is 13.8. The van der Waals surface area contributed by atoms with Gasteiger partial charge in [0.15, 0.2) is 0 Å². The number of benzene rings is 1. The Morgan fingerprint density at radius 2 is 2.17 bits per heavy atom. The van der Waals surface area contributed by atoms with Crippen LogP contribution in [0.25, 0.3) is 0 Å². The average molecular weight is 323 g/mol. The quantitative estimate of drug-likeness (QED) is 0.853. The number of nitrogens with two attached hydrogens (primary N) is 1. The fourth-order valence-corrected chi connectivity index (χ4v) is 2.92. The largest absolute Gasteiger partial charge is 0.486 e. The maximum absolute atomic E-state index is 14.0. The van der Waals surface area contributed by atoms with Gasteiger partial charge in [-0.1, -0.05) is 0 Å². The second-order valence-corrected chi connectivity index (χ2v) is 5.81. The van der Waals surface area contributed by atoms with Crippen LogP contribution in [0.4, 0.5) is 10.1 Å². The number of carbonyl (C=O) groups is 1. The van der Waals surface area contributed by atoms with E-state index in [9.17, 15) is 9.18 Å². The standard InChI is InChI=1S/C16H22FN3O3/c17-13-10-19-4-3-14(13)23-15-9-11(1-2-12(15)16(18)21)20-5-7-22-8-6-20/h1-2,9,13-14,19H,3-8,10H2,(H2,18,21)/t13-,14-/m1/s1. The van der Waals surface area contributed by atoms with Crippen molar-refractivity contribution in [2.75, 3.05) is 44.3 Å². The fourth-order valence-electron chi connectivity index (χ4n) is 2.92. The van der Waals surface area contributed by atoms with Gasteiger partial charge in [-0.2, -0.15) is 0 Å². The maximum atomic E-state index is 14.0. The number of hydrogen-bond donors (Lipinski definition) is 2.